The maximum atomic E-state index is 11.3. The number of halogens is 2. The predicted molar refractivity (Wildman–Crippen MR) is 83.9 cm³/mol. The van der Waals surface area contributed by atoms with Crippen LogP contribution in [0.2, 0.25) is 10.0 Å². The third-order valence-corrected chi connectivity index (χ3v) is 4.60. The molecule has 1 amide bonds. The van der Waals surface area contributed by atoms with E-state index >= 15 is 0 Å². The molecule has 1 unspecified atom stereocenters. The first-order valence-electron chi connectivity index (χ1n) is 6.60. The minimum absolute atomic E-state index is 0.0300. The molecule has 0 saturated carbocycles. The van der Waals surface area contributed by atoms with Crippen molar-refractivity contribution in [2.75, 3.05) is 6.54 Å². The fraction of sp³-hybridized carbons (Fsp3) is 0.188. The van der Waals surface area contributed by atoms with Crippen LogP contribution >= 0.6 is 23.2 Å². The van der Waals surface area contributed by atoms with Gasteiger partial charge in [-0.1, -0.05) is 47.5 Å². The number of amides is 1. The van der Waals surface area contributed by atoms with Gasteiger partial charge in [-0.2, -0.15) is 0 Å². The van der Waals surface area contributed by atoms with Crippen LogP contribution in [0.4, 0.5) is 0 Å². The fourth-order valence-corrected chi connectivity index (χ4v) is 2.97. The summed E-state index contributed by atoms with van der Waals surface area (Å²) >= 11 is 12.1. The number of hydrogen-bond donors (Lipinski definition) is 2. The van der Waals surface area contributed by atoms with Gasteiger partial charge < -0.3 is 10.4 Å². The lowest BCUT2D eigenvalue weighted by Gasteiger charge is -2.11. The minimum Gasteiger partial charge on any atom is -0.506 e. The van der Waals surface area contributed by atoms with Crippen molar-refractivity contribution in [1.29, 1.82) is 0 Å². The van der Waals surface area contributed by atoms with Gasteiger partial charge in [0.05, 0.1) is 5.02 Å². The predicted octanol–water partition coefficient (Wildman–Crippen LogP) is 3.97. The van der Waals surface area contributed by atoms with Crippen molar-refractivity contribution in [1.82, 2.24) is 5.32 Å². The topological polar surface area (TPSA) is 49.3 Å². The number of aromatic hydroxyl groups is 1. The first-order valence-corrected chi connectivity index (χ1v) is 7.36. The maximum Gasteiger partial charge on any atom is 0.220 e. The normalized spacial score (nSPS) is 17.8. The van der Waals surface area contributed by atoms with Crippen LogP contribution in [0.15, 0.2) is 36.4 Å². The Labute approximate surface area is 132 Å². The highest BCUT2D eigenvalue weighted by molar-refractivity contribution is 6.44. The Morgan fingerprint density at radius 2 is 1.76 bits per heavy atom. The van der Waals surface area contributed by atoms with Gasteiger partial charge in [0.2, 0.25) is 5.91 Å². The van der Waals surface area contributed by atoms with Crippen LogP contribution in [0.1, 0.15) is 17.9 Å². The molecule has 2 aromatic rings. The maximum absolute atomic E-state index is 11.3. The Balaban J connectivity index is 1.91. The van der Waals surface area contributed by atoms with E-state index in [2.05, 4.69) is 5.32 Å². The van der Waals surface area contributed by atoms with Crippen molar-refractivity contribution >= 4 is 29.1 Å². The van der Waals surface area contributed by atoms with E-state index in [0.717, 1.165) is 16.7 Å². The van der Waals surface area contributed by atoms with Crippen molar-refractivity contribution in [3.63, 3.8) is 0 Å². The lowest BCUT2D eigenvalue weighted by Crippen LogP contribution is -2.13. The van der Waals surface area contributed by atoms with Crippen molar-refractivity contribution in [3.05, 3.63) is 52.0 Å². The lowest BCUT2D eigenvalue weighted by molar-refractivity contribution is -0.119. The molecular weight excluding hydrogens is 309 g/mol. The highest BCUT2D eigenvalue weighted by Gasteiger charge is 2.22. The number of carbonyl (C=O) groups is 1. The molecule has 21 heavy (non-hydrogen) atoms. The first-order chi connectivity index (χ1) is 10.1. The molecule has 0 aliphatic carbocycles. The van der Waals surface area contributed by atoms with Crippen LogP contribution in [0, 0.1) is 0 Å². The zero-order chi connectivity index (χ0) is 15.0. The number of rotatable bonds is 2. The molecule has 2 aromatic carbocycles. The number of carbonyl (C=O) groups excluding carboxylic acids is 1. The van der Waals surface area contributed by atoms with E-state index in [-0.39, 0.29) is 22.6 Å². The molecule has 3 rings (SSSR count). The number of phenolic OH excluding ortho intramolecular Hbond substituents is 1. The molecule has 0 radical (unpaired) electrons. The Kier molecular flexibility index (Phi) is 3.79. The minimum atomic E-state index is -0.0300. The molecule has 1 aliphatic heterocycles. The third kappa shape index (κ3) is 2.71. The summed E-state index contributed by atoms with van der Waals surface area (Å²) in [6.45, 7) is 0.684. The molecule has 0 spiro atoms. The zero-order valence-electron chi connectivity index (χ0n) is 11.1. The average molecular weight is 322 g/mol. The summed E-state index contributed by atoms with van der Waals surface area (Å²) in [7, 11) is 0. The van der Waals surface area contributed by atoms with Crippen LogP contribution in [-0.4, -0.2) is 17.6 Å². The van der Waals surface area contributed by atoms with Gasteiger partial charge >= 0.3 is 0 Å². The number of benzene rings is 2. The number of nitrogens with one attached hydrogen (secondary N) is 1. The number of hydrogen-bond acceptors (Lipinski definition) is 2. The molecule has 1 atom stereocenters. The SMILES string of the molecule is O=C1CC(c2ccc(-c3ccc(O)c(Cl)c3Cl)cc2)CN1. The van der Waals surface area contributed by atoms with Crippen molar-refractivity contribution in [2.24, 2.45) is 0 Å². The van der Waals surface area contributed by atoms with Crippen molar-refractivity contribution in [3.8, 4) is 16.9 Å². The quantitative estimate of drug-likeness (QED) is 0.879. The zero-order valence-corrected chi connectivity index (χ0v) is 12.6. The summed E-state index contributed by atoms with van der Waals surface area (Å²) in [4.78, 5) is 11.3. The Morgan fingerprint density at radius 3 is 2.38 bits per heavy atom. The van der Waals surface area contributed by atoms with Gasteiger partial charge in [-0.15, -0.1) is 0 Å². The van der Waals surface area contributed by atoms with E-state index in [1.54, 1.807) is 6.07 Å². The Morgan fingerprint density at radius 1 is 1.05 bits per heavy atom. The van der Waals surface area contributed by atoms with E-state index in [9.17, 15) is 9.90 Å². The highest BCUT2D eigenvalue weighted by atomic mass is 35.5. The number of phenols is 1. The molecule has 1 fully saturated rings. The standard InChI is InChI=1S/C16H13Cl2NO2/c17-15-12(5-6-13(20)16(15)18)10-3-1-9(2-4-10)11-7-14(21)19-8-11/h1-6,11,20H,7-8H2,(H,19,21). The second-order valence-electron chi connectivity index (χ2n) is 5.09. The van der Waals surface area contributed by atoms with Crippen LogP contribution in [-0.2, 0) is 4.79 Å². The largest absolute Gasteiger partial charge is 0.506 e. The summed E-state index contributed by atoms with van der Waals surface area (Å²) in [5.41, 5.74) is 2.81. The summed E-state index contributed by atoms with van der Waals surface area (Å²) in [5, 5.41) is 12.9. The van der Waals surface area contributed by atoms with E-state index in [1.807, 2.05) is 24.3 Å². The molecule has 2 N–H and O–H groups in total. The smallest absolute Gasteiger partial charge is 0.220 e. The highest BCUT2D eigenvalue weighted by Crippen LogP contribution is 2.39. The van der Waals surface area contributed by atoms with Gasteiger partial charge in [0.15, 0.2) is 0 Å². The molecule has 1 saturated heterocycles. The van der Waals surface area contributed by atoms with E-state index < -0.39 is 0 Å². The fourth-order valence-electron chi connectivity index (χ4n) is 2.54. The monoisotopic (exact) mass is 321 g/mol. The summed E-state index contributed by atoms with van der Waals surface area (Å²) in [5.74, 6) is 0.292. The van der Waals surface area contributed by atoms with E-state index in [0.29, 0.717) is 18.0 Å². The van der Waals surface area contributed by atoms with Crippen LogP contribution in [0.5, 0.6) is 5.75 Å². The second-order valence-corrected chi connectivity index (χ2v) is 5.84. The van der Waals surface area contributed by atoms with Crippen LogP contribution in [0.3, 0.4) is 0 Å². The molecule has 108 valence electrons. The van der Waals surface area contributed by atoms with E-state index in [1.165, 1.54) is 6.07 Å². The second kappa shape index (κ2) is 5.58. The van der Waals surface area contributed by atoms with Gasteiger partial charge in [-0.25, -0.2) is 0 Å². The molecule has 1 aliphatic rings. The molecule has 5 heteroatoms. The van der Waals surface area contributed by atoms with Gasteiger partial charge in [-0.05, 0) is 23.3 Å². The molecule has 1 heterocycles. The van der Waals surface area contributed by atoms with Crippen LogP contribution in [0.25, 0.3) is 11.1 Å². The van der Waals surface area contributed by atoms with E-state index in [4.69, 9.17) is 23.2 Å². The van der Waals surface area contributed by atoms with Crippen molar-refractivity contribution in [2.45, 2.75) is 12.3 Å². The summed E-state index contributed by atoms with van der Waals surface area (Å²) in [6, 6.07) is 11.2. The molecule has 0 aromatic heterocycles. The Hall–Kier alpha value is -1.71. The first kappa shape index (κ1) is 14.2. The third-order valence-electron chi connectivity index (χ3n) is 3.73. The summed E-state index contributed by atoms with van der Waals surface area (Å²) < 4.78 is 0. The summed E-state index contributed by atoms with van der Waals surface area (Å²) in [6.07, 6.45) is 0.533. The molecular formula is C16H13Cl2NO2. The molecule has 0 bridgehead atoms. The van der Waals surface area contributed by atoms with Gasteiger partial charge in [-0.3, -0.25) is 4.79 Å². The van der Waals surface area contributed by atoms with Gasteiger partial charge in [0.25, 0.3) is 0 Å². The van der Waals surface area contributed by atoms with Gasteiger partial charge in [0, 0.05) is 24.4 Å². The average Bonchev–Trinajstić information content (AvgIpc) is 2.92. The van der Waals surface area contributed by atoms with Crippen LogP contribution < -0.4 is 5.32 Å². The Bertz CT molecular complexity index is 698. The van der Waals surface area contributed by atoms with Gasteiger partial charge in [0.1, 0.15) is 10.8 Å². The lowest BCUT2D eigenvalue weighted by atomic mass is 9.95. The molecule has 3 nitrogen and oxygen atoms in total. The van der Waals surface area contributed by atoms with Crippen molar-refractivity contribution < 1.29 is 9.90 Å².